The standard InChI is InChI=1S/C20H24ClN3O3/c1-23(13-19(25)22-17-10-6-5-9-16(17)21)14-20(26)24(2)12-15-8-4-7-11-18(15)27-3/h4-11H,12-14H2,1-3H3,(H,22,25). The SMILES string of the molecule is COc1ccccc1CN(C)C(=O)CN(C)CC(=O)Nc1ccccc1Cl. The van der Waals surface area contributed by atoms with Gasteiger partial charge in [0.25, 0.3) is 0 Å². The van der Waals surface area contributed by atoms with Gasteiger partial charge in [-0.05, 0) is 25.2 Å². The van der Waals surface area contributed by atoms with Gasteiger partial charge in [0.15, 0.2) is 0 Å². The Kier molecular flexibility index (Phi) is 7.64. The summed E-state index contributed by atoms with van der Waals surface area (Å²) < 4.78 is 5.31. The number of carbonyl (C=O) groups is 2. The van der Waals surface area contributed by atoms with Crippen LogP contribution < -0.4 is 10.1 Å². The van der Waals surface area contributed by atoms with Crippen molar-refractivity contribution in [1.29, 1.82) is 0 Å². The van der Waals surface area contributed by atoms with Crippen molar-refractivity contribution in [2.45, 2.75) is 6.54 Å². The largest absolute Gasteiger partial charge is 0.496 e. The molecule has 0 heterocycles. The second kappa shape index (κ2) is 9.94. The topological polar surface area (TPSA) is 61.9 Å². The molecular formula is C20H24ClN3O3. The highest BCUT2D eigenvalue weighted by atomic mass is 35.5. The summed E-state index contributed by atoms with van der Waals surface area (Å²) in [6, 6.07) is 14.6. The average molecular weight is 390 g/mol. The van der Waals surface area contributed by atoms with Crippen molar-refractivity contribution in [1.82, 2.24) is 9.80 Å². The van der Waals surface area contributed by atoms with Crippen LogP contribution in [-0.4, -0.2) is 55.9 Å². The van der Waals surface area contributed by atoms with Crippen molar-refractivity contribution in [3.05, 3.63) is 59.1 Å². The van der Waals surface area contributed by atoms with E-state index < -0.39 is 0 Å². The number of anilines is 1. The Hall–Kier alpha value is -2.57. The third-order valence-electron chi connectivity index (χ3n) is 3.99. The van der Waals surface area contributed by atoms with Crippen LogP contribution in [0.1, 0.15) is 5.56 Å². The molecule has 0 saturated carbocycles. The van der Waals surface area contributed by atoms with Gasteiger partial charge in [0.1, 0.15) is 5.75 Å². The molecule has 2 aromatic rings. The predicted octanol–water partition coefficient (Wildman–Crippen LogP) is 2.88. The molecule has 2 amide bonds. The summed E-state index contributed by atoms with van der Waals surface area (Å²) in [5, 5.41) is 3.22. The molecule has 6 nitrogen and oxygen atoms in total. The van der Waals surface area contributed by atoms with Crippen LogP contribution in [0.2, 0.25) is 5.02 Å². The highest BCUT2D eigenvalue weighted by molar-refractivity contribution is 6.33. The van der Waals surface area contributed by atoms with Gasteiger partial charge in [-0.2, -0.15) is 0 Å². The van der Waals surface area contributed by atoms with Crippen LogP contribution in [0.5, 0.6) is 5.75 Å². The fraction of sp³-hybridized carbons (Fsp3) is 0.300. The maximum Gasteiger partial charge on any atom is 0.238 e. The van der Waals surface area contributed by atoms with E-state index in [0.717, 1.165) is 11.3 Å². The maximum atomic E-state index is 12.4. The molecule has 2 rings (SSSR count). The Morgan fingerprint density at radius 1 is 1.04 bits per heavy atom. The summed E-state index contributed by atoms with van der Waals surface area (Å²) in [5.41, 5.74) is 1.48. The second-order valence-corrected chi connectivity index (χ2v) is 6.67. The number of benzene rings is 2. The molecule has 0 atom stereocenters. The Morgan fingerprint density at radius 3 is 2.41 bits per heavy atom. The number of nitrogens with one attached hydrogen (secondary N) is 1. The van der Waals surface area contributed by atoms with Crippen molar-refractivity contribution >= 4 is 29.1 Å². The summed E-state index contributed by atoms with van der Waals surface area (Å²) in [4.78, 5) is 27.9. The first-order valence-corrected chi connectivity index (χ1v) is 8.87. The molecule has 0 aromatic heterocycles. The zero-order valence-corrected chi connectivity index (χ0v) is 16.5. The summed E-state index contributed by atoms with van der Waals surface area (Å²) in [7, 11) is 5.06. The lowest BCUT2D eigenvalue weighted by Gasteiger charge is -2.22. The van der Waals surface area contributed by atoms with Gasteiger partial charge in [-0.15, -0.1) is 0 Å². The van der Waals surface area contributed by atoms with Gasteiger partial charge in [-0.3, -0.25) is 14.5 Å². The van der Waals surface area contributed by atoms with E-state index in [4.69, 9.17) is 16.3 Å². The smallest absolute Gasteiger partial charge is 0.238 e. The predicted molar refractivity (Wildman–Crippen MR) is 107 cm³/mol. The molecule has 1 N–H and O–H groups in total. The van der Waals surface area contributed by atoms with Crippen LogP contribution >= 0.6 is 11.6 Å². The quantitative estimate of drug-likeness (QED) is 0.754. The molecule has 0 bridgehead atoms. The van der Waals surface area contributed by atoms with Crippen LogP contribution in [0, 0.1) is 0 Å². The van der Waals surface area contributed by atoms with Gasteiger partial charge in [-0.1, -0.05) is 41.9 Å². The van der Waals surface area contributed by atoms with E-state index in [9.17, 15) is 9.59 Å². The minimum atomic E-state index is -0.231. The van der Waals surface area contributed by atoms with E-state index in [1.165, 1.54) is 0 Å². The van der Waals surface area contributed by atoms with E-state index in [1.807, 2.05) is 24.3 Å². The Morgan fingerprint density at radius 2 is 1.70 bits per heavy atom. The first-order chi connectivity index (χ1) is 12.9. The molecule has 0 aliphatic heterocycles. The zero-order chi connectivity index (χ0) is 19.8. The number of hydrogen-bond donors (Lipinski definition) is 1. The minimum absolute atomic E-state index is 0.0828. The van der Waals surface area contributed by atoms with Crippen LogP contribution in [0.4, 0.5) is 5.69 Å². The highest BCUT2D eigenvalue weighted by Gasteiger charge is 2.16. The lowest BCUT2D eigenvalue weighted by molar-refractivity contribution is -0.131. The third-order valence-corrected chi connectivity index (χ3v) is 4.32. The van der Waals surface area contributed by atoms with Gasteiger partial charge in [0, 0.05) is 19.2 Å². The molecule has 0 unspecified atom stereocenters. The fourth-order valence-electron chi connectivity index (χ4n) is 2.58. The molecule has 0 aliphatic rings. The number of carbonyl (C=O) groups excluding carboxylic acids is 2. The average Bonchev–Trinajstić information content (AvgIpc) is 2.63. The van der Waals surface area contributed by atoms with E-state index in [0.29, 0.717) is 17.3 Å². The molecule has 0 saturated heterocycles. The van der Waals surface area contributed by atoms with Crippen LogP contribution in [0.15, 0.2) is 48.5 Å². The first-order valence-electron chi connectivity index (χ1n) is 8.49. The molecular weight excluding hydrogens is 366 g/mol. The van der Waals surface area contributed by atoms with E-state index >= 15 is 0 Å². The lowest BCUT2D eigenvalue weighted by Crippen LogP contribution is -2.39. The second-order valence-electron chi connectivity index (χ2n) is 6.26. The highest BCUT2D eigenvalue weighted by Crippen LogP contribution is 2.20. The molecule has 0 radical (unpaired) electrons. The molecule has 7 heteroatoms. The number of ether oxygens (including phenoxy) is 1. The molecule has 0 aliphatic carbocycles. The van der Waals surface area contributed by atoms with Gasteiger partial charge in [-0.25, -0.2) is 0 Å². The number of likely N-dealkylation sites (N-methyl/N-ethyl adjacent to an activating group) is 2. The number of halogens is 1. The van der Waals surface area contributed by atoms with Crippen LogP contribution in [0.25, 0.3) is 0 Å². The van der Waals surface area contributed by atoms with Gasteiger partial charge in [0.2, 0.25) is 11.8 Å². The van der Waals surface area contributed by atoms with Gasteiger partial charge in [0.05, 0.1) is 30.9 Å². The van der Waals surface area contributed by atoms with Crippen molar-refractivity contribution in [2.24, 2.45) is 0 Å². The van der Waals surface area contributed by atoms with Gasteiger partial charge < -0.3 is 15.0 Å². The Balaban J connectivity index is 1.85. The van der Waals surface area contributed by atoms with Crippen LogP contribution in [0.3, 0.4) is 0 Å². The molecule has 27 heavy (non-hydrogen) atoms. The Labute approximate surface area is 164 Å². The Bertz CT molecular complexity index is 798. The van der Waals surface area contributed by atoms with E-state index in [-0.39, 0.29) is 24.9 Å². The molecule has 0 spiro atoms. The van der Waals surface area contributed by atoms with Gasteiger partial charge >= 0.3 is 0 Å². The molecule has 0 fully saturated rings. The molecule has 144 valence electrons. The van der Waals surface area contributed by atoms with Crippen molar-refractivity contribution < 1.29 is 14.3 Å². The lowest BCUT2D eigenvalue weighted by atomic mass is 10.2. The summed E-state index contributed by atoms with van der Waals surface area (Å²) in [5.74, 6) is 0.421. The monoisotopic (exact) mass is 389 g/mol. The minimum Gasteiger partial charge on any atom is -0.496 e. The summed E-state index contributed by atoms with van der Waals surface area (Å²) in [6.45, 7) is 0.642. The van der Waals surface area contributed by atoms with Crippen molar-refractivity contribution in [3.8, 4) is 5.75 Å². The number of hydrogen-bond acceptors (Lipinski definition) is 4. The fourth-order valence-corrected chi connectivity index (χ4v) is 2.77. The van der Waals surface area contributed by atoms with Crippen LogP contribution in [-0.2, 0) is 16.1 Å². The summed E-state index contributed by atoms with van der Waals surface area (Å²) in [6.07, 6.45) is 0. The maximum absolute atomic E-state index is 12.4. The number of methoxy groups -OCH3 is 1. The molecule has 2 aromatic carbocycles. The number of amides is 2. The van der Waals surface area contributed by atoms with E-state index in [2.05, 4.69) is 5.32 Å². The van der Waals surface area contributed by atoms with Crippen molar-refractivity contribution in [2.75, 3.05) is 39.6 Å². The zero-order valence-electron chi connectivity index (χ0n) is 15.7. The summed E-state index contributed by atoms with van der Waals surface area (Å²) >= 11 is 6.03. The normalized spacial score (nSPS) is 10.6. The number of rotatable bonds is 8. The first kappa shape index (κ1) is 20.7. The van der Waals surface area contributed by atoms with Crippen molar-refractivity contribution in [3.63, 3.8) is 0 Å². The third kappa shape index (κ3) is 6.27. The number of nitrogens with zero attached hydrogens (tertiary/aromatic N) is 2. The van der Waals surface area contributed by atoms with E-state index in [1.54, 1.807) is 55.3 Å². The number of para-hydroxylation sites is 2.